The Kier molecular flexibility index (Phi) is 7.16. The van der Waals surface area contributed by atoms with E-state index in [1.165, 1.54) is 18.7 Å². The third-order valence-corrected chi connectivity index (χ3v) is 4.64. The number of nitrogens with one attached hydrogen (secondary N) is 2. The summed E-state index contributed by atoms with van der Waals surface area (Å²) in [7, 11) is 0. The van der Waals surface area contributed by atoms with E-state index in [-0.39, 0.29) is 29.0 Å². The molecule has 0 spiro atoms. The Morgan fingerprint density at radius 1 is 1.17 bits per heavy atom. The lowest BCUT2D eigenvalue weighted by Gasteiger charge is -2.23. The monoisotopic (exact) mass is 335 g/mol. The molecule has 1 rings (SSSR count). The first-order chi connectivity index (χ1) is 10.7. The van der Waals surface area contributed by atoms with Gasteiger partial charge in [-0.3, -0.25) is 9.59 Å². The van der Waals surface area contributed by atoms with Crippen LogP contribution in [0.1, 0.15) is 39.3 Å². The zero-order chi connectivity index (χ0) is 17.6. The Morgan fingerprint density at radius 2 is 1.74 bits per heavy atom. The van der Waals surface area contributed by atoms with E-state index in [2.05, 4.69) is 17.2 Å². The molecule has 0 saturated heterocycles. The summed E-state index contributed by atoms with van der Waals surface area (Å²) in [5.74, 6) is -0.175. The van der Waals surface area contributed by atoms with Crippen LogP contribution in [0.2, 0.25) is 0 Å². The molecule has 6 heteroatoms. The molecule has 1 aromatic carbocycles. The summed E-state index contributed by atoms with van der Waals surface area (Å²) in [6, 6.07) is 7.29. The second-order valence-electron chi connectivity index (χ2n) is 5.78. The molecule has 23 heavy (non-hydrogen) atoms. The minimum absolute atomic E-state index is 0.0826. The van der Waals surface area contributed by atoms with Crippen molar-refractivity contribution in [1.29, 1.82) is 0 Å². The van der Waals surface area contributed by atoms with Crippen LogP contribution >= 0.6 is 11.8 Å². The van der Waals surface area contributed by atoms with E-state index in [1.54, 1.807) is 0 Å². The number of carbonyl (C=O) groups is 2. The number of benzene rings is 1. The summed E-state index contributed by atoms with van der Waals surface area (Å²) in [6.45, 7) is 11.1. The first-order valence-electron chi connectivity index (χ1n) is 7.49. The highest BCUT2D eigenvalue weighted by atomic mass is 32.2. The van der Waals surface area contributed by atoms with Crippen LogP contribution in [0.25, 0.3) is 0 Å². The van der Waals surface area contributed by atoms with Gasteiger partial charge in [0.15, 0.2) is 0 Å². The predicted octanol–water partition coefficient (Wildman–Crippen LogP) is 2.81. The molecule has 0 bridgehead atoms. The number of rotatable bonds is 7. The maximum atomic E-state index is 12.5. The van der Waals surface area contributed by atoms with Crippen LogP contribution in [0.4, 0.5) is 5.69 Å². The number of nitrogen functional groups attached to an aromatic ring is 1. The van der Waals surface area contributed by atoms with Gasteiger partial charge in [-0.05, 0) is 30.5 Å². The topological polar surface area (TPSA) is 84.2 Å². The van der Waals surface area contributed by atoms with E-state index in [0.717, 1.165) is 5.56 Å². The molecule has 2 unspecified atom stereocenters. The van der Waals surface area contributed by atoms with Gasteiger partial charge >= 0.3 is 0 Å². The summed E-state index contributed by atoms with van der Waals surface area (Å²) in [5, 5.41) is 5.76. The van der Waals surface area contributed by atoms with E-state index in [9.17, 15) is 9.59 Å². The predicted molar refractivity (Wildman–Crippen MR) is 96.6 cm³/mol. The van der Waals surface area contributed by atoms with Crippen molar-refractivity contribution < 1.29 is 9.59 Å². The molecule has 0 aliphatic rings. The number of thioether (sulfide) groups is 1. The second-order valence-corrected chi connectivity index (χ2v) is 7.02. The molecular formula is C17H25N3O2S. The van der Waals surface area contributed by atoms with Crippen LogP contribution in [-0.4, -0.2) is 17.1 Å². The maximum absolute atomic E-state index is 12.5. The van der Waals surface area contributed by atoms with E-state index in [1.807, 2.05) is 45.0 Å². The van der Waals surface area contributed by atoms with Crippen LogP contribution < -0.4 is 16.4 Å². The number of anilines is 1. The molecule has 0 heterocycles. The van der Waals surface area contributed by atoms with Crippen molar-refractivity contribution in [3.8, 4) is 0 Å². The van der Waals surface area contributed by atoms with Gasteiger partial charge in [-0.15, -0.1) is 0 Å². The molecule has 2 amide bonds. The number of hydrogen-bond acceptors (Lipinski definition) is 4. The highest BCUT2D eigenvalue weighted by Gasteiger charge is 2.25. The fourth-order valence-corrected chi connectivity index (χ4v) is 2.99. The van der Waals surface area contributed by atoms with Crippen LogP contribution in [0.3, 0.4) is 0 Å². The SMILES string of the molecule is C=C(NC(C)=O)SC(C(=O)NC(C)c1ccc(N)cc1)C(C)C. The molecule has 0 aromatic heterocycles. The third-order valence-electron chi connectivity index (χ3n) is 3.24. The molecule has 0 aliphatic carbocycles. The van der Waals surface area contributed by atoms with Crippen LogP contribution in [0, 0.1) is 5.92 Å². The first kappa shape index (κ1) is 19.1. The highest BCUT2D eigenvalue weighted by Crippen LogP contribution is 2.26. The van der Waals surface area contributed by atoms with Crippen LogP contribution in [0.15, 0.2) is 35.9 Å². The number of nitrogens with two attached hydrogens (primary N) is 1. The summed E-state index contributed by atoms with van der Waals surface area (Å²) >= 11 is 1.27. The molecule has 1 aromatic rings. The average molecular weight is 335 g/mol. The van der Waals surface area contributed by atoms with Gasteiger partial charge in [-0.2, -0.15) is 0 Å². The maximum Gasteiger partial charge on any atom is 0.234 e. The van der Waals surface area contributed by atoms with Crippen molar-refractivity contribution in [2.24, 2.45) is 5.92 Å². The molecule has 2 atom stereocenters. The molecule has 0 saturated carbocycles. The fourth-order valence-electron chi connectivity index (χ4n) is 2.03. The Bertz CT molecular complexity index is 570. The van der Waals surface area contributed by atoms with Gasteiger partial charge in [0.05, 0.1) is 16.3 Å². The van der Waals surface area contributed by atoms with Crippen LogP contribution in [-0.2, 0) is 9.59 Å². The standard InChI is InChI=1S/C17H25N3O2S/c1-10(2)16(23-13(5)20-12(4)21)17(22)19-11(3)14-6-8-15(18)9-7-14/h6-11,16H,5,18H2,1-4H3,(H,19,22)(H,20,21). The number of carbonyl (C=O) groups excluding carboxylic acids is 2. The Balaban J connectivity index is 2.72. The largest absolute Gasteiger partial charge is 0.399 e. The van der Waals surface area contributed by atoms with Crippen molar-refractivity contribution >= 4 is 29.3 Å². The minimum atomic E-state index is -0.328. The zero-order valence-electron chi connectivity index (χ0n) is 14.1. The van der Waals surface area contributed by atoms with E-state index in [4.69, 9.17) is 5.73 Å². The van der Waals surface area contributed by atoms with Gasteiger partial charge in [0.25, 0.3) is 0 Å². The highest BCUT2D eigenvalue weighted by molar-refractivity contribution is 8.04. The summed E-state index contributed by atoms with van der Waals surface area (Å²) < 4.78 is 0. The van der Waals surface area contributed by atoms with Crippen molar-refractivity contribution in [2.45, 2.75) is 39.0 Å². The van der Waals surface area contributed by atoms with E-state index < -0.39 is 0 Å². The second kappa shape index (κ2) is 8.62. The molecule has 0 fully saturated rings. The zero-order valence-corrected chi connectivity index (χ0v) is 14.9. The van der Waals surface area contributed by atoms with Crippen molar-refractivity contribution in [3.63, 3.8) is 0 Å². The lowest BCUT2D eigenvalue weighted by molar-refractivity contribution is -0.122. The van der Waals surface area contributed by atoms with E-state index >= 15 is 0 Å². The first-order valence-corrected chi connectivity index (χ1v) is 8.37. The molecular weight excluding hydrogens is 310 g/mol. The molecule has 126 valence electrons. The smallest absolute Gasteiger partial charge is 0.234 e. The average Bonchev–Trinajstić information content (AvgIpc) is 2.44. The van der Waals surface area contributed by atoms with Gasteiger partial charge in [0.2, 0.25) is 11.8 Å². The Morgan fingerprint density at radius 3 is 2.22 bits per heavy atom. The van der Waals surface area contributed by atoms with Gasteiger partial charge in [-0.25, -0.2) is 0 Å². The van der Waals surface area contributed by atoms with Gasteiger partial charge in [0.1, 0.15) is 0 Å². The Hall–Kier alpha value is -1.95. The number of amides is 2. The van der Waals surface area contributed by atoms with Crippen LogP contribution in [0.5, 0.6) is 0 Å². The molecule has 5 nitrogen and oxygen atoms in total. The van der Waals surface area contributed by atoms with Gasteiger partial charge in [-0.1, -0.05) is 44.3 Å². The van der Waals surface area contributed by atoms with Gasteiger partial charge in [0, 0.05) is 12.6 Å². The number of hydrogen-bond donors (Lipinski definition) is 3. The van der Waals surface area contributed by atoms with Gasteiger partial charge < -0.3 is 16.4 Å². The third kappa shape index (κ3) is 6.36. The lowest BCUT2D eigenvalue weighted by Crippen LogP contribution is -2.38. The summed E-state index contributed by atoms with van der Waals surface area (Å²) in [6.07, 6.45) is 0. The van der Waals surface area contributed by atoms with Crippen molar-refractivity contribution in [2.75, 3.05) is 5.73 Å². The molecule has 0 aliphatic heterocycles. The van der Waals surface area contributed by atoms with E-state index in [0.29, 0.717) is 10.7 Å². The summed E-state index contributed by atoms with van der Waals surface area (Å²) in [4.78, 5) is 23.6. The minimum Gasteiger partial charge on any atom is -0.399 e. The Labute approximate surface area is 142 Å². The fraction of sp³-hybridized carbons (Fsp3) is 0.412. The summed E-state index contributed by atoms with van der Waals surface area (Å²) in [5.41, 5.74) is 7.35. The van der Waals surface area contributed by atoms with Crippen molar-refractivity contribution in [3.05, 3.63) is 41.4 Å². The molecule has 0 radical (unpaired) electrons. The van der Waals surface area contributed by atoms with Crippen molar-refractivity contribution in [1.82, 2.24) is 10.6 Å². The molecule has 4 N–H and O–H groups in total. The normalized spacial score (nSPS) is 13.3. The lowest BCUT2D eigenvalue weighted by atomic mass is 10.1. The quantitative estimate of drug-likeness (QED) is 0.669.